The van der Waals surface area contributed by atoms with E-state index in [1.807, 2.05) is 0 Å². The first kappa shape index (κ1) is 15.4. The van der Waals surface area contributed by atoms with Crippen LogP contribution in [-0.4, -0.2) is 39.4 Å². The van der Waals surface area contributed by atoms with E-state index in [-0.39, 0.29) is 10.6 Å². The Kier molecular flexibility index (Phi) is 4.48. The third-order valence-electron chi connectivity index (χ3n) is 2.43. The highest BCUT2D eigenvalue weighted by Gasteiger charge is 2.23. The lowest BCUT2D eigenvalue weighted by molar-refractivity contribution is -0.130. The SMILES string of the molecule is CC(NS(=O)(=O)c1ccc(N)c(F)c1)C(=O)N(C)C. The number of anilines is 1. The average Bonchev–Trinajstić information content (AvgIpc) is 2.30. The predicted octanol–water partition coefficient (Wildman–Crippen LogP) is 0.163. The lowest BCUT2D eigenvalue weighted by Crippen LogP contribution is -2.44. The van der Waals surface area contributed by atoms with Crippen LogP contribution in [0.2, 0.25) is 0 Å². The van der Waals surface area contributed by atoms with E-state index in [0.29, 0.717) is 0 Å². The van der Waals surface area contributed by atoms with Gasteiger partial charge < -0.3 is 10.6 Å². The van der Waals surface area contributed by atoms with Crippen LogP contribution in [0.5, 0.6) is 0 Å². The zero-order valence-corrected chi connectivity index (χ0v) is 11.7. The van der Waals surface area contributed by atoms with Gasteiger partial charge in [-0.3, -0.25) is 4.79 Å². The Morgan fingerprint density at radius 1 is 1.42 bits per heavy atom. The van der Waals surface area contributed by atoms with Crippen molar-refractivity contribution < 1.29 is 17.6 Å². The third-order valence-corrected chi connectivity index (χ3v) is 3.96. The molecule has 0 saturated heterocycles. The molecule has 0 aliphatic rings. The number of amides is 1. The molecule has 1 rings (SSSR count). The fourth-order valence-electron chi connectivity index (χ4n) is 1.41. The number of nitrogens with one attached hydrogen (secondary N) is 1. The fraction of sp³-hybridized carbons (Fsp3) is 0.364. The molecule has 0 bridgehead atoms. The Morgan fingerprint density at radius 3 is 2.47 bits per heavy atom. The minimum Gasteiger partial charge on any atom is -0.396 e. The molecule has 1 aromatic carbocycles. The summed E-state index contributed by atoms with van der Waals surface area (Å²) in [6, 6.07) is 2.20. The predicted molar refractivity (Wildman–Crippen MR) is 69.3 cm³/mol. The van der Waals surface area contributed by atoms with E-state index < -0.39 is 27.8 Å². The minimum atomic E-state index is -3.97. The van der Waals surface area contributed by atoms with Gasteiger partial charge in [-0.25, -0.2) is 12.8 Å². The molecule has 3 N–H and O–H groups in total. The second-order valence-electron chi connectivity index (χ2n) is 4.26. The lowest BCUT2D eigenvalue weighted by Gasteiger charge is -2.18. The highest BCUT2D eigenvalue weighted by atomic mass is 32.2. The standard InChI is InChI=1S/C11H16FN3O3S/c1-7(11(16)15(2)3)14-19(17,18)8-4-5-10(13)9(12)6-8/h4-7,14H,13H2,1-3H3. The molecule has 0 radical (unpaired) electrons. The number of carbonyl (C=O) groups excluding carboxylic acids is 1. The van der Waals surface area contributed by atoms with E-state index >= 15 is 0 Å². The first-order valence-electron chi connectivity index (χ1n) is 5.43. The summed E-state index contributed by atoms with van der Waals surface area (Å²) in [5.74, 6) is -1.23. The van der Waals surface area contributed by atoms with Crippen LogP contribution in [0.1, 0.15) is 6.92 Å². The van der Waals surface area contributed by atoms with Crippen molar-refractivity contribution >= 4 is 21.6 Å². The van der Waals surface area contributed by atoms with E-state index in [4.69, 9.17) is 5.73 Å². The van der Waals surface area contributed by atoms with E-state index in [0.717, 1.165) is 12.1 Å². The van der Waals surface area contributed by atoms with E-state index in [9.17, 15) is 17.6 Å². The van der Waals surface area contributed by atoms with Crippen LogP contribution in [0.3, 0.4) is 0 Å². The third kappa shape index (κ3) is 3.65. The number of carbonyl (C=O) groups is 1. The molecule has 6 nitrogen and oxygen atoms in total. The molecule has 1 unspecified atom stereocenters. The molecule has 8 heteroatoms. The van der Waals surface area contributed by atoms with Crippen LogP contribution in [0.25, 0.3) is 0 Å². The van der Waals surface area contributed by atoms with Crippen molar-refractivity contribution in [2.45, 2.75) is 17.9 Å². The van der Waals surface area contributed by atoms with Crippen molar-refractivity contribution in [3.05, 3.63) is 24.0 Å². The molecule has 0 heterocycles. The van der Waals surface area contributed by atoms with E-state index in [1.54, 1.807) is 0 Å². The highest BCUT2D eigenvalue weighted by molar-refractivity contribution is 7.89. The van der Waals surface area contributed by atoms with Gasteiger partial charge in [0.15, 0.2) is 0 Å². The van der Waals surface area contributed by atoms with Crippen LogP contribution in [0, 0.1) is 5.82 Å². The summed E-state index contributed by atoms with van der Waals surface area (Å²) in [5.41, 5.74) is 5.13. The summed E-state index contributed by atoms with van der Waals surface area (Å²) >= 11 is 0. The van der Waals surface area contributed by atoms with Gasteiger partial charge in [0.25, 0.3) is 0 Å². The number of hydrogen-bond acceptors (Lipinski definition) is 4. The number of nitrogen functional groups attached to an aromatic ring is 1. The van der Waals surface area contributed by atoms with Crippen molar-refractivity contribution in [3.8, 4) is 0 Å². The van der Waals surface area contributed by atoms with Gasteiger partial charge in [-0.15, -0.1) is 0 Å². The molecule has 1 atom stereocenters. The zero-order chi connectivity index (χ0) is 14.8. The Labute approximate surface area is 111 Å². The molecule has 0 fully saturated rings. The number of sulfonamides is 1. The van der Waals surface area contributed by atoms with Gasteiger partial charge in [0, 0.05) is 14.1 Å². The number of nitrogens with zero attached hydrogens (tertiary/aromatic N) is 1. The maximum Gasteiger partial charge on any atom is 0.241 e. The molecule has 106 valence electrons. The Hall–Kier alpha value is -1.67. The number of halogens is 1. The van der Waals surface area contributed by atoms with Crippen molar-refractivity contribution in [2.75, 3.05) is 19.8 Å². The summed E-state index contributed by atoms with van der Waals surface area (Å²) in [6.07, 6.45) is 0. The maximum atomic E-state index is 13.2. The van der Waals surface area contributed by atoms with Gasteiger partial charge in [-0.1, -0.05) is 0 Å². The van der Waals surface area contributed by atoms with Gasteiger partial charge in [-0.05, 0) is 25.1 Å². The van der Waals surface area contributed by atoms with Gasteiger partial charge in [-0.2, -0.15) is 4.72 Å². The summed E-state index contributed by atoms with van der Waals surface area (Å²) in [4.78, 5) is 12.6. The largest absolute Gasteiger partial charge is 0.396 e. The molecular weight excluding hydrogens is 273 g/mol. The normalized spacial score (nSPS) is 13.1. The molecular formula is C11H16FN3O3S. The monoisotopic (exact) mass is 289 g/mol. The topological polar surface area (TPSA) is 92.5 Å². The van der Waals surface area contributed by atoms with E-state index in [1.165, 1.54) is 32.0 Å². The number of likely N-dealkylation sites (N-methyl/N-ethyl adjacent to an activating group) is 1. The van der Waals surface area contributed by atoms with Crippen LogP contribution >= 0.6 is 0 Å². The number of benzene rings is 1. The molecule has 1 aromatic rings. The Balaban J connectivity index is 2.99. The van der Waals surface area contributed by atoms with Crippen LogP contribution in [0.4, 0.5) is 10.1 Å². The van der Waals surface area contributed by atoms with Gasteiger partial charge in [0.2, 0.25) is 15.9 Å². The Bertz CT molecular complexity index is 587. The number of nitrogens with two attached hydrogens (primary N) is 1. The molecule has 19 heavy (non-hydrogen) atoms. The first-order chi connectivity index (χ1) is 8.65. The molecule has 1 amide bonds. The van der Waals surface area contributed by atoms with Crippen LogP contribution < -0.4 is 10.5 Å². The van der Waals surface area contributed by atoms with Crippen molar-refractivity contribution in [2.24, 2.45) is 0 Å². The maximum absolute atomic E-state index is 13.2. The lowest BCUT2D eigenvalue weighted by atomic mass is 10.3. The van der Waals surface area contributed by atoms with Gasteiger partial charge in [0.05, 0.1) is 16.6 Å². The van der Waals surface area contributed by atoms with Crippen molar-refractivity contribution in [1.82, 2.24) is 9.62 Å². The minimum absolute atomic E-state index is 0.142. The quantitative estimate of drug-likeness (QED) is 0.772. The van der Waals surface area contributed by atoms with Gasteiger partial charge >= 0.3 is 0 Å². The molecule has 0 aliphatic carbocycles. The molecule has 0 saturated carbocycles. The summed E-state index contributed by atoms with van der Waals surface area (Å²) in [6.45, 7) is 1.41. The van der Waals surface area contributed by atoms with Crippen molar-refractivity contribution in [1.29, 1.82) is 0 Å². The highest BCUT2D eigenvalue weighted by Crippen LogP contribution is 2.16. The first-order valence-corrected chi connectivity index (χ1v) is 6.92. The van der Waals surface area contributed by atoms with Gasteiger partial charge in [0.1, 0.15) is 5.82 Å². The number of hydrogen-bond donors (Lipinski definition) is 2. The van der Waals surface area contributed by atoms with Crippen LogP contribution in [-0.2, 0) is 14.8 Å². The zero-order valence-electron chi connectivity index (χ0n) is 10.8. The summed E-state index contributed by atoms with van der Waals surface area (Å²) < 4.78 is 39.3. The summed E-state index contributed by atoms with van der Waals surface area (Å²) in [5, 5.41) is 0. The second-order valence-corrected chi connectivity index (χ2v) is 5.97. The Morgan fingerprint density at radius 2 is 2.00 bits per heavy atom. The number of rotatable bonds is 4. The van der Waals surface area contributed by atoms with Crippen molar-refractivity contribution in [3.63, 3.8) is 0 Å². The average molecular weight is 289 g/mol. The van der Waals surface area contributed by atoms with E-state index in [2.05, 4.69) is 4.72 Å². The second kappa shape index (κ2) is 5.54. The van der Waals surface area contributed by atoms with Crippen LogP contribution in [0.15, 0.2) is 23.1 Å². The molecule has 0 aromatic heterocycles. The summed E-state index contributed by atoms with van der Waals surface area (Å²) in [7, 11) is -0.950. The molecule has 0 aliphatic heterocycles. The smallest absolute Gasteiger partial charge is 0.241 e. The molecule has 0 spiro atoms. The fourth-order valence-corrected chi connectivity index (χ4v) is 2.62.